The largest absolute Gasteiger partial charge is 0.497 e. The standard InChI is InChI=1S/C32H32F2N4O5/c1-41-25-10-6-9-24(21-25)37-17-19-38(20-18-37)32(35-30-22(7-4-11-26(30)33)13-15-28(39)42-2)36-31-23(8-5-12-27(31)34)14-16-29(40)43-3/h4-16,21H,17-20H2,1-3H3,(H,35,36)/b15-13+,16-14+. The summed E-state index contributed by atoms with van der Waals surface area (Å²) in [5.41, 5.74) is 1.65. The van der Waals surface area contributed by atoms with E-state index in [-0.39, 0.29) is 17.3 Å². The van der Waals surface area contributed by atoms with Gasteiger partial charge < -0.3 is 29.3 Å². The number of para-hydroxylation sites is 2. The Morgan fingerprint density at radius 2 is 1.42 bits per heavy atom. The molecule has 4 rings (SSSR count). The van der Waals surface area contributed by atoms with Crippen molar-refractivity contribution in [3.8, 4) is 5.75 Å². The van der Waals surface area contributed by atoms with E-state index >= 15 is 8.78 Å². The molecule has 1 N–H and O–H groups in total. The quantitative estimate of drug-likeness (QED) is 0.164. The summed E-state index contributed by atoms with van der Waals surface area (Å²) >= 11 is 0. The molecule has 11 heteroatoms. The molecule has 3 aromatic rings. The Kier molecular flexibility index (Phi) is 10.5. The van der Waals surface area contributed by atoms with Gasteiger partial charge in [0.05, 0.1) is 27.0 Å². The van der Waals surface area contributed by atoms with Crippen molar-refractivity contribution in [3.05, 3.63) is 95.6 Å². The highest BCUT2D eigenvalue weighted by atomic mass is 19.1. The molecule has 0 radical (unpaired) electrons. The molecule has 0 aromatic heterocycles. The van der Waals surface area contributed by atoms with Gasteiger partial charge in [0.1, 0.15) is 23.1 Å². The lowest BCUT2D eigenvalue weighted by atomic mass is 10.1. The lowest BCUT2D eigenvalue weighted by Crippen LogP contribution is -2.50. The van der Waals surface area contributed by atoms with Gasteiger partial charge in [-0.1, -0.05) is 30.3 Å². The molecule has 0 saturated carbocycles. The monoisotopic (exact) mass is 590 g/mol. The molecule has 0 bridgehead atoms. The number of guanidine groups is 1. The van der Waals surface area contributed by atoms with Gasteiger partial charge in [0.25, 0.3) is 0 Å². The fraction of sp³-hybridized carbons (Fsp3) is 0.219. The van der Waals surface area contributed by atoms with E-state index in [0.717, 1.165) is 11.4 Å². The Hall–Kier alpha value is -5.19. The van der Waals surface area contributed by atoms with E-state index < -0.39 is 23.6 Å². The van der Waals surface area contributed by atoms with Crippen LogP contribution in [0.1, 0.15) is 11.1 Å². The molecule has 9 nitrogen and oxygen atoms in total. The molecule has 224 valence electrons. The summed E-state index contributed by atoms with van der Waals surface area (Å²) in [4.78, 5) is 32.2. The average molecular weight is 591 g/mol. The third kappa shape index (κ3) is 7.97. The fourth-order valence-electron chi connectivity index (χ4n) is 4.43. The zero-order chi connectivity index (χ0) is 30.8. The van der Waals surface area contributed by atoms with Crippen molar-refractivity contribution in [1.29, 1.82) is 0 Å². The van der Waals surface area contributed by atoms with Gasteiger partial charge in [-0.15, -0.1) is 0 Å². The molecular weight excluding hydrogens is 558 g/mol. The van der Waals surface area contributed by atoms with E-state index in [2.05, 4.69) is 24.7 Å². The molecule has 0 spiro atoms. The zero-order valence-corrected chi connectivity index (χ0v) is 24.1. The lowest BCUT2D eigenvalue weighted by Gasteiger charge is -2.38. The minimum Gasteiger partial charge on any atom is -0.497 e. The van der Waals surface area contributed by atoms with E-state index in [4.69, 9.17) is 4.74 Å². The Morgan fingerprint density at radius 3 is 2.07 bits per heavy atom. The maximum atomic E-state index is 15.2. The van der Waals surface area contributed by atoms with Gasteiger partial charge in [-0.2, -0.15) is 0 Å². The highest BCUT2D eigenvalue weighted by Crippen LogP contribution is 2.28. The number of halogens is 2. The van der Waals surface area contributed by atoms with E-state index in [1.807, 2.05) is 29.2 Å². The van der Waals surface area contributed by atoms with Crippen LogP contribution in [0.4, 0.5) is 25.8 Å². The van der Waals surface area contributed by atoms with Crippen LogP contribution in [0.15, 0.2) is 77.8 Å². The highest BCUT2D eigenvalue weighted by Gasteiger charge is 2.23. The molecule has 3 aromatic carbocycles. The summed E-state index contributed by atoms with van der Waals surface area (Å²) < 4.78 is 45.2. The van der Waals surface area contributed by atoms with Crippen molar-refractivity contribution in [2.75, 3.05) is 57.7 Å². The van der Waals surface area contributed by atoms with Gasteiger partial charge in [-0.25, -0.2) is 23.4 Å². The predicted molar refractivity (Wildman–Crippen MR) is 162 cm³/mol. The number of carbonyl (C=O) groups excluding carboxylic acids is 2. The SMILES string of the molecule is COC(=O)/C=C/c1cccc(F)c1N=C(Nc1c(F)cccc1/C=C/C(=O)OC)N1CCN(c2cccc(OC)c2)CC1. The molecule has 0 aliphatic carbocycles. The van der Waals surface area contributed by atoms with Crippen LogP contribution >= 0.6 is 0 Å². The molecule has 1 saturated heterocycles. The van der Waals surface area contributed by atoms with Crippen molar-refractivity contribution in [2.45, 2.75) is 0 Å². The number of methoxy groups -OCH3 is 3. The van der Waals surface area contributed by atoms with E-state index in [1.165, 1.54) is 62.8 Å². The number of hydrogen-bond donors (Lipinski definition) is 1. The summed E-state index contributed by atoms with van der Waals surface area (Å²) in [5.74, 6) is -1.54. The number of hydrogen-bond acceptors (Lipinski definition) is 7. The highest BCUT2D eigenvalue weighted by molar-refractivity contribution is 5.99. The molecule has 43 heavy (non-hydrogen) atoms. The number of piperazine rings is 1. The van der Waals surface area contributed by atoms with Crippen LogP contribution in [0.5, 0.6) is 5.75 Å². The Bertz CT molecular complexity index is 1550. The third-order valence-corrected chi connectivity index (χ3v) is 6.72. The van der Waals surface area contributed by atoms with E-state index in [1.54, 1.807) is 19.2 Å². The summed E-state index contributed by atoms with van der Waals surface area (Å²) in [6.07, 6.45) is 5.17. The minimum atomic E-state index is -0.638. The molecule has 1 aliphatic heterocycles. The van der Waals surface area contributed by atoms with Crippen molar-refractivity contribution < 1.29 is 32.6 Å². The zero-order valence-electron chi connectivity index (χ0n) is 24.1. The number of esters is 2. The number of nitrogens with one attached hydrogen (secondary N) is 1. The first-order valence-corrected chi connectivity index (χ1v) is 13.4. The van der Waals surface area contributed by atoms with Crippen LogP contribution in [0, 0.1) is 11.6 Å². The molecule has 0 unspecified atom stereocenters. The summed E-state index contributed by atoms with van der Waals surface area (Å²) in [6, 6.07) is 16.5. The second kappa shape index (κ2) is 14.6. The number of benzene rings is 3. The van der Waals surface area contributed by atoms with E-state index in [9.17, 15) is 9.59 Å². The van der Waals surface area contributed by atoms with Gasteiger partial charge in [-0.05, 0) is 36.4 Å². The average Bonchev–Trinajstić information content (AvgIpc) is 3.04. The topological polar surface area (TPSA) is 92.7 Å². The van der Waals surface area contributed by atoms with Gasteiger partial charge in [-0.3, -0.25) is 0 Å². The summed E-state index contributed by atoms with van der Waals surface area (Å²) in [5, 5.41) is 3.06. The summed E-state index contributed by atoms with van der Waals surface area (Å²) in [6.45, 7) is 2.11. The van der Waals surface area contributed by atoms with Crippen LogP contribution in [-0.4, -0.2) is 70.3 Å². The molecule has 0 amide bonds. The van der Waals surface area contributed by atoms with Gasteiger partial charge in [0.2, 0.25) is 5.96 Å². The van der Waals surface area contributed by atoms with Crippen LogP contribution in [0.2, 0.25) is 0 Å². The number of nitrogens with zero attached hydrogens (tertiary/aromatic N) is 3. The number of rotatable bonds is 8. The van der Waals surface area contributed by atoms with Crippen molar-refractivity contribution in [1.82, 2.24) is 4.90 Å². The predicted octanol–water partition coefficient (Wildman–Crippen LogP) is 5.27. The van der Waals surface area contributed by atoms with E-state index in [0.29, 0.717) is 37.3 Å². The van der Waals surface area contributed by atoms with Crippen molar-refractivity contribution in [2.24, 2.45) is 4.99 Å². The second-order valence-electron chi connectivity index (χ2n) is 9.33. The van der Waals surface area contributed by atoms with Crippen molar-refractivity contribution >= 4 is 47.1 Å². The summed E-state index contributed by atoms with van der Waals surface area (Å²) in [7, 11) is 4.10. The van der Waals surface area contributed by atoms with Crippen LogP contribution < -0.4 is 15.0 Å². The molecule has 1 fully saturated rings. The molecule has 1 heterocycles. The number of carbonyl (C=O) groups is 2. The number of aliphatic imine (C=N–C) groups is 1. The smallest absolute Gasteiger partial charge is 0.330 e. The van der Waals surface area contributed by atoms with Crippen LogP contribution in [0.25, 0.3) is 12.2 Å². The van der Waals surface area contributed by atoms with Crippen LogP contribution in [-0.2, 0) is 19.1 Å². The lowest BCUT2D eigenvalue weighted by molar-refractivity contribution is -0.135. The molecule has 1 aliphatic rings. The Labute approximate surface area is 248 Å². The maximum absolute atomic E-state index is 15.2. The van der Waals surface area contributed by atoms with Crippen LogP contribution in [0.3, 0.4) is 0 Å². The fourth-order valence-corrected chi connectivity index (χ4v) is 4.43. The minimum absolute atomic E-state index is 0.0413. The second-order valence-corrected chi connectivity index (χ2v) is 9.33. The first-order chi connectivity index (χ1) is 20.8. The van der Waals surface area contributed by atoms with Gasteiger partial charge in [0.15, 0.2) is 0 Å². The first kappa shape index (κ1) is 30.8. The molecule has 0 atom stereocenters. The third-order valence-electron chi connectivity index (χ3n) is 6.72. The Morgan fingerprint density at radius 1 is 0.814 bits per heavy atom. The first-order valence-electron chi connectivity index (χ1n) is 13.4. The molecular formula is C32H32F2N4O5. The van der Waals surface area contributed by atoms with Crippen molar-refractivity contribution in [3.63, 3.8) is 0 Å². The maximum Gasteiger partial charge on any atom is 0.330 e. The number of anilines is 2. The van der Waals surface area contributed by atoms with Gasteiger partial charge >= 0.3 is 11.9 Å². The number of ether oxygens (including phenoxy) is 3. The normalized spacial score (nSPS) is 13.8. The Balaban J connectivity index is 1.73. The van der Waals surface area contributed by atoms with Gasteiger partial charge in [0, 0.05) is 61.2 Å².